The fourth-order valence-electron chi connectivity index (χ4n) is 5.34. The summed E-state index contributed by atoms with van der Waals surface area (Å²) in [5.74, 6) is 0. The van der Waals surface area contributed by atoms with Crippen LogP contribution < -0.4 is 10.6 Å². The SMILES string of the molecule is CCCCCOC(=S)NC1(CC2(NC(=S)OCCCCC)CCCCC2)CCCCC1. The zero-order valence-electron chi connectivity index (χ0n) is 20.1. The molecule has 0 aromatic heterocycles. The molecule has 180 valence electrons. The number of rotatable bonds is 12. The molecule has 2 aliphatic carbocycles. The fraction of sp³-hybridized carbons (Fsp3) is 0.920. The molecule has 0 atom stereocenters. The van der Waals surface area contributed by atoms with E-state index < -0.39 is 0 Å². The molecule has 0 heterocycles. The molecule has 4 nitrogen and oxygen atoms in total. The van der Waals surface area contributed by atoms with Crippen molar-refractivity contribution in [1.82, 2.24) is 10.6 Å². The van der Waals surface area contributed by atoms with Crippen molar-refractivity contribution in [1.29, 1.82) is 0 Å². The summed E-state index contributed by atoms with van der Waals surface area (Å²) in [6.45, 7) is 5.86. The zero-order valence-corrected chi connectivity index (χ0v) is 21.7. The molecule has 0 bridgehead atoms. The third-order valence-electron chi connectivity index (χ3n) is 6.99. The predicted octanol–water partition coefficient (Wildman–Crippen LogP) is 6.94. The fourth-order valence-corrected chi connectivity index (χ4v) is 5.94. The van der Waals surface area contributed by atoms with Gasteiger partial charge in [0.05, 0.1) is 13.2 Å². The van der Waals surface area contributed by atoms with Gasteiger partial charge < -0.3 is 20.1 Å². The van der Waals surface area contributed by atoms with E-state index in [1.54, 1.807) is 0 Å². The van der Waals surface area contributed by atoms with Crippen LogP contribution in [0.3, 0.4) is 0 Å². The summed E-state index contributed by atoms with van der Waals surface area (Å²) in [7, 11) is 0. The van der Waals surface area contributed by atoms with Gasteiger partial charge in [-0.1, -0.05) is 78.1 Å². The van der Waals surface area contributed by atoms with Crippen molar-refractivity contribution in [2.24, 2.45) is 0 Å². The molecule has 2 rings (SSSR count). The molecule has 6 heteroatoms. The summed E-state index contributed by atoms with van der Waals surface area (Å²) in [6, 6.07) is 0. The molecule has 0 unspecified atom stereocenters. The van der Waals surface area contributed by atoms with Gasteiger partial charge in [0.25, 0.3) is 10.3 Å². The van der Waals surface area contributed by atoms with Crippen molar-refractivity contribution in [2.75, 3.05) is 13.2 Å². The first-order valence-electron chi connectivity index (χ1n) is 12.9. The van der Waals surface area contributed by atoms with Gasteiger partial charge in [-0.15, -0.1) is 0 Å². The predicted molar refractivity (Wildman–Crippen MR) is 139 cm³/mol. The average Bonchev–Trinajstić information content (AvgIpc) is 2.75. The van der Waals surface area contributed by atoms with E-state index in [1.165, 1.54) is 64.2 Å². The molecular weight excluding hydrogens is 424 g/mol. The summed E-state index contributed by atoms with van der Waals surface area (Å²) in [5, 5.41) is 8.57. The molecule has 2 saturated carbocycles. The van der Waals surface area contributed by atoms with Gasteiger partial charge >= 0.3 is 0 Å². The average molecular weight is 471 g/mol. The van der Waals surface area contributed by atoms with Gasteiger partial charge in [0.1, 0.15) is 0 Å². The lowest BCUT2D eigenvalue weighted by atomic mass is 9.68. The second-order valence-electron chi connectivity index (χ2n) is 9.79. The van der Waals surface area contributed by atoms with Gasteiger partial charge in [-0.2, -0.15) is 0 Å². The Morgan fingerprint density at radius 1 is 0.645 bits per heavy atom. The zero-order chi connectivity index (χ0) is 22.4. The van der Waals surface area contributed by atoms with Crippen molar-refractivity contribution in [3.05, 3.63) is 0 Å². The lowest BCUT2D eigenvalue weighted by Crippen LogP contribution is -2.60. The van der Waals surface area contributed by atoms with E-state index in [1.807, 2.05) is 0 Å². The Bertz CT molecular complexity index is 484. The molecule has 31 heavy (non-hydrogen) atoms. The molecule has 0 spiro atoms. The number of ether oxygens (including phenoxy) is 2. The van der Waals surface area contributed by atoms with Crippen molar-refractivity contribution in [3.63, 3.8) is 0 Å². The van der Waals surface area contributed by atoms with Crippen LogP contribution in [0.2, 0.25) is 0 Å². The summed E-state index contributed by atoms with van der Waals surface area (Å²) < 4.78 is 11.8. The molecule has 0 aromatic rings. The smallest absolute Gasteiger partial charge is 0.257 e. The van der Waals surface area contributed by atoms with Gasteiger partial charge in [0.15, 0.2) is 0 Å². The van der Waals surface area contributed by atoms with E-state index in [2.05, 4.69) is 24.5 Å². The van der Waals surface area contributed by atoms with Gasteiger partial charge in [-0.05, 0) is 69.4 Å². The third-order valence-corrected chi connectivity index (χ3v) is 7.43. The van der Waals surface area contributed by atoms with Crippen LogP contribution in [0, 0.1) is 0 Å². The monoisotopic (exact) mass is 470 g/mol. The van der Waals surface area contributed by atoms with Crippen molar-refractivity contribution in [3.8, 4) is 0 Å². The largest absolute Gasteiger partial charge is 0.471 e. The third kappa shape index (κ3) is 9.81. The molecule has 0 aliphatic heterocycles. The summed E-state index contributed by atoms with van der Waals surface area (Å²) >= 11 is 11.3. The Morgan fingerprint density at radius 2 is 1.03 bits per heavy atom. The van der Waals surface area contributed by atoms with E-state index in [-0.39, 0.29) is 11.1 Å². The van der Waals surface area contributed by atoms with Crippen LogP contribution in [0.15, 0.2) is 0 Å². The molecule has 2 fully saturated rings. The lowest BCUT2D eigenvalue weighted by molar-refractivity contribution is 0.131. The number of thiocarbonyl (C=S) groups is 2. The van der Waals surface area contributed by atoms with Crippen molar-refractivity contribution < 1.29 is 9.47 Å². The van der Waals surface area contributed by atoms with E-state index in [0.717, 1.165) is 58.2 Å². The first-order chi connectivity index (χ1) is 15.0. The highest BCUT2D eigenvalue weighted by atomic mass is 32.1. The Balaban J connectivity index is 2.01. The minimum atomic E-state index is 0.00224. The highest BCUT2D eigenvalue weighted by molar-refractivity contribution is 7.80. The van der Waals surface area contributed by atoms with Crippen LogP contribution in [0.5, 0.6) is 0 Å². The normalized spacial score (nSPS) is 19.9. The second kappa shape index (κ2) is 14.5. The molecule has 2 N–H and O–H groups in total. The van der Waals surface area contributed by atoms with Crippen LogP contribution in [-0.2, 0) is 9.47 Å². The summed E-state index contributed by atoms with van der Waals surface area (Å²) in [6.07, 6.45) is 20.2. The van der Waals surface area contributed by atoms with Crippen LogP contribution in [0.25, 0.3) is 0 Å². The van der Waals surface area contributed by atoms with Crippen LogP contribution in [0.1, 0.15) is 123 Å². The molecule has 0 aromatic carbocycles. The summed E-state index contributed by atoms with van der Waals surface area (Å²) in [5.41, 5.74) is 0.00447. The Morgan fingerprint density at radius 3 is 1.39 bits per heavy atom. The maximum atomic E-state index is 5.90. The van der Waals surface area contributed by atoms with Crippen molar-refractivity contribution in [2.45, 2.75) is 134 Å². The quantitative estimate of drug-likeness (QED) is 0.238. The Kier molecular flexibility index (Phi) is 12.5. The van der Waals surface area contributed by atoms with E-state index in [4.69, 9.17) is 33.9 Å². The number of hydrogen-bond acceptors (Lipinski definition) is 4. The first-order valence-corrected chi connectivity index (χ1v) is 13.7. The maximum absolute atomic E-state index is 5.90. The molecular formula is C25H46N2O2S2. The van der Waals surface area contributed by atoms with Gasteiger partial charge in [0, 0.05) is 11.1 Å². The van der Waals surface area contributed by atoms with E-state index in [0.29, 0.717) is 10.3 Å². The lowest BCUT2D eigenvalue weighted by Gasteiger charge is -2.48. The van der Waals surface area contributed by atoms with Gasteiger partial charge in [-0.25, -0.2) is 0 Å². The number of hydrogen-bond donors (Lipinski definition) is 2. The molecule has 0 saturated heterocycles. The minimum absolute atomic E-state index is 0.00224. The first kappa shape index (κ1) is 26.6. The topological polar surface area (TPSA) is 42.5 Å². The minimum Gasteiger partial charge on any atom is -0.471 e. The Labute approximate surface area is 202 Å². The second-order valence-corrected chi connectivity index (χ2v) is 10.5. The summed E-state index contributed by atoms with van der Waals surface area (Å²) in [4.78, 5) is 0. The van der Waals surface area contributed by atoms with Gasteiger partial charge in [0.2, 0.25) is 0 Å². The molecule has 0 radical (unpaired) electrons. The highest BCUT2D eigenvalue weighted by Crippen LogP contribution is 2.41. The van der Waals surface area contributed by atoms with Crippen LogP contribution in [0.4, 0.5) is 0 Å². The Hall–Kier alpha value is -0.620. The van der Waals surface area contributed by atoms with Crippen LogP contribution in [-0.4, -0.2) is 34.6 Å². The van der Waals surface area contributed by atoms with Crippen LogP contribution >= 0.6 is 24.4 Å². The standard InChI is InChI=1S/C25H46N2O2S2/c1-3-5-13-19-28-22(30)26-24(15-9-7-10-16-24)21-25(17-11-8-12-18-25)27-23(31)29-20-14-6-4-2/h3-21H2,1-2H3,(H,26,30)(H,27,31). The number of nitrogens with one attached hydrogen (secondary N) is 2. The molecule has 0 amide bonds. The van der Waals surface area contributed by atoms with E-state index >= 15 is 0 Å². The van der Waals surface area contributed by atoms with Crippen molar-refractivity contribution >= 4 is 34.8 Å². The number of unbranched alkanes of at least 4 members (excludes halogenated alkanes) is 4. The highest BCUT2D eigenvalue weighted by Gasteiger charge is 2.43. The maximum Gasteiger partial charge on any atom is 0.257 e. The molecule has 2 aliphatic rings. The van der Waals surface area contributed by atoms with Gasteiger partial charge in [-0.3, -0.25) is 0 Å². The van der Waals surface area contributed by atoms with E-state index in [9.17, 15) is 0 Å².